The minimum atomic E-state index is -1.01. The molecule has 0 heterocycles. The van der Waals surface area contributed by atoms with Crippen LogP contribution in [0.5, 0.6) is 0 Å². The highest BCUT2D eigenvalue weighted by atomic mass is 16.5. The van der Waals surface area contributed by atoms with Crippen molar-refractivity contribution >= 4 is 41.4 Å². The Kier molecular flexibility index (Phi) is 19.2. The number of hydrogen-bond acceptors (Lipinski definition) is 9. The first-order valence-electron chi connectivity index (χ1n) is 22.5. The number of allylic oxidation sites excluding steroid dienone is 5. The minimum Gasteiger partial charge on any atom is -0.461 e. The maximum Gasteiger partial charge on any atom is 0.316 e. The molecule has 6 N–H and O–H groups in total. The van der Waals surface area contributed by atoms with Gasteiger partial charge in [0, 0.05) is 24.3 Å². The monoisotopic (exact) mass is 878 g/mol. The maximum absolute atomic E-state index is 14.4. The standard InChI is InChI=1S/C49H75N5O9/c1-32(2)39(41(56)53-38(17-15-28-51-45(50)60)40(55)52-36-20-18-35(19-21-36)30-61-42(57)33(3)4)54-43(58)49(24-12-13-25-49)31-47(9,10)62-29-27-46(7,8)44(59)63-37-16-14-23-48(11,26-22-37)34(5)6/h14,16,18-23,26,32-34,38-39H,12-13,15,17,24-25,27-31H2,1-11H3,(H,52,55)(H,53,56)(H,54,58)(H3,50,51,60). The highest BCUT2D eigenvalue weighted by molar-refractivity contribution is 5.98. The van der Waals surface area contributed by atoms with E-state index in [1.807, 2.05) is 53.7 Å². The van der Waals surface area contributed by atoms with Crippen molar-refractivity contribution in [1.29, 1.82) is 0 Å². The van der Waals surface area contributed by atoms with Crippen molar-refractivity contribution in [3.05, 3.63) is 66.0 Å². The van der Waals surface area contributed by atoms with E-state index in [9.17, 15) is 28.8 Å². The van der Waals surface area contributed by atoms with Gasteiger partial charge in [-0.2, -0.15) is 0 Å². The quantitative estimate of drug-likeness (QED) is 0.0537. The third-order valence-corrected chi connectivity index (χ3v) is 12.3. The van der Waals surface area contributed by atoms with Crippen molar-refractivity contribution in [1.82, 2.24) is 16.0 Å². The molecule has 1 fully saturated rings. The van der Waals surface area contributed by atoms with Crippen molar-refractivity contribution in [2.24, 2.45) is 39.7 Å². The molecule has 0 aromatic heterocycles. The average Bonchev–Trinajstić information content (AvgIpc) is 3.58. The Morgan fingerprint density at radius 3 is 2.11 bits per heavy atom. The normalized spacial score (nSPS) is 18.3. The van der Waals surface area contributed by atoms with Crippen LogP contribution in [0.25, 0.3) is 0 Å². The first-order valence-corrected chi connectivity index (χ1v) is 22.5. The number of anilines is 1. The van der Waals surface area contributed by atoms with Gasteiger partial charge in [-0.25, -0.2) is 4.79 Å². The van der Waals surface area contributed by atoms with Crippen molar-refractivity contribution in [3.8, 4) is 0 Å². The van der Waals surface area contributed by atoms with Gasteiger partial charge < -0.3 is 41.2 Å². The molecule has 350 valence electrons. The summed E-state index contributed by atoms with van der Waals surface area (Å²) in [6, 6.07) is 4.15. The summed E-state index contributed by atoms with van der Waals surface area (Å²) in [4.78, 5) is 78.6. The van der Waals surface area contributed by atoms with Crippen LogP contribution in [0.3, 0.4) is 0 Å². The van der Waals surface area contributed by atoms with Gasteiger partial charge in [0.05, 0.1) is 22.3 Å². The topological polar surface area (TPSA) is 204 Å². The Balaban J connectivity index is 1.66. The van der Waals surface area contributed by atoms with Crippen LogP contribution in [0.4, 0.5) is 10.5 Å². The summed E-state index contributed by atoms with van der Waals surface area (Å²) >= 11 is 0. The van der Waals surface area contributed by atoms with Gasteiger partial charge >= 0.3 is 18.0 Å². The maximum atomic E-state index is 14.4. The average molecular weight is 878 g/mol. The third-order valence-electron chi connectivity index (χ3n) is 12.3. The van der Waals surface area contributed by atoms with Crippen LogP contribution >= 0.6 is 0 Å². The van der Waals surface area contributed by atoms with E-state index < -0.39 is 46.4 Å². The van der Waals surface area contributed by atoms with E-state index in [1.165, 1.54) is 0 Å². The molecule has 0 saturated heterocycles. The Hall–Kier alpha value is -4.98. The fourth-order valence-electron chi connectivity index (χ4n) is 7.62. The second kappa shape index (κ2) is 23.1. The van der Waals surface area contributed by atoms with Gasteiger partial charge in [-0.05, 0) is 108 Å². The van der Waals surface area contributed by atoms with Gasteiger partial charge in [-0.3, -0.25) is 24.0 Å². The fourth-order valence-corrected chi connectivity index (χ4v) is 7.62. The predicted molar refractivity (Wildman–Crippen MR) is 245 cm³/mol. The first-order chi connectivity index (χ1) is 29.4. The van der Waals surface area contributed by atoms with Crippen molar-refractivity contribution in [3.63, 3.8) is 0 Å². The second-order valence-electron chi connectivity index (χ2n) is 19.7. The van der Waals surface area contributed by atoms with Crippen molar-refractivity contribution < 1.29 is 43.0 Å². The molecule has 14 nitrogen and oxygen atoms in total. The summed E-state index contributed by atoms with van der Waals surface area (Å²) in [5.74, 6) is -1.63. The van der Waals surface area contributed by atoms with E-state index in [-0.39, 0.29) is 61.3 Å². The van der Waals surface area contributed by atoms with Gasteiger partial charge in [-0.1, -0.05) is 91.7 Å². The SMILES string of the molecule is CC(C)C(=O)OCc1ccc(NC(=O)C(CCCNC(N)=O)NC(=O)C(NC(=O)C2(CC(C)(C)OCCC(C)(C)C(=O)OC3=CC=CC(C)(C(C)C)C=C3)CCCC2)C(C)C)cc1. The summed E-state index contributed by atoms with van der Waals surface area (Å²) in [6.07, 6.45) is 14.0. The zero-order valence-electron chi connectivity index (χ0n) is 39.6. The third kappa shape index (κ3) is 16.3. The summed E-state index contributed by atoms with van der Waals surface area (Å²) < 4.78 is 17.6. The molecule has 0 bridgehead atoms. The lowest BCUT2D eigenvalue weighted by Crippen LogP contribution is -2.57. The van der Waals surface area contributed by atoms with Crippen molar-refractivity contribution in [2.45, 2.75) is 152 Å². The van der Waals surface area contributed by atoms with Crippen LogP contribution in [-0.2, 0) is 44.8 Å². The Labute approximate surface area is 375 Å². The summed E-state index contributed by atoms with van der Waals surface area (Å²) in [7, 11) is 0. The van der Waals surface area contributed by atoms with Crippen LogP contribution in [0, 0.1) is 34.0 Å². The van der Waals surface area contributed by atoms with E-state index in [1.54, 1.807) is 44.2 Å². The molecule has 3 unspecified atom stereocenters. The number of ether oxygens (including phenoxy) is 3. The molecule has 3 rings (SSSR count). The van der Waals surface area contributed by atoms with Crippen LogP contribution in [0.2, 0.25) is 0 Å². The van der Waals surface area contributed by atoms with E-state index in [4.69, 9.17) is 19.9 Å². The number of rotatable bonds is 23. The lowest BCUT2D eigenvalue weighted by atomic mass is 9.75. The molecule has 5 amide bonds. The molecule has 1 aromatic rings. The summed E-state index contributed by atoms with van der Waals surface area (Å²) in [6.45, 7) is 21.7. The lowest BCUT2D eigenvalue weighted by Gasteiger charge is -2.38. The second-order valence-corrected chi connectivity index (χ2v) is 19.7. The number of amides is 5. The van der Waals surface area contributed by atoms with E-state index in [0.717, 1.165) is 18.4 Å². The number of nitrogens with two attached hydrogens (primary N) is 1. The lowest BCUT2D eigenvalue weighted by molar-refractivity contribution is -0.151. The van der Waals surface area contributed by atoms with Crippen LogP contribution in [0.1, 0.15) is 133 Å². The number of carbonyl (C=O) groups excluding carboxylic acids is 6. The molecule has 63 heavy (non-hydrogen) atoms. The van der Waals surface area contributed by atoms with Gasteiger partial charge in [0.25, 0.3) is 0 Å². The molecule has 14 heteroatoms. The van der Waals surface area contributed by atoms with Crippen LogP contribution in [0.15, 0.2) is 60.4 Å². The van der Waals surface area contributed by atoms with E-state index >= 15 is 0 Å². The van der Waals surface area contributed by atoms with Gasteiger partial charge in [0.15, 0.2) is 0 Å². The summed E-state index contributed by atoms with van der Waals surface area (Å²) in [5, 5.41) is 11.3. The highest BCUT2D eigenvalue weighted by Gasteiger charge is 2.47. The molecule has 0 radical (unpaired) electrons. The zero-order chi connectivity index (χ0) is 47.2. The molecule has 3 atom stereocenters. The Morgan fingerprint density at radius 2 is 1.52 bits per heavy atom. The Bertz CT molecular complexity index is 1840. The van der Waals surface area contributed by atoms with E-state index in [0.29, 0.717) is 49.5 Å². The van der Waals surface area contributed by atoms with Gasteiger partial charge in [-0.15, -0.1) is 0 Å². The smallest absolute Gasteiger partial charge is 0.316 e. The number of benzene rings is 1. The molecule has 2 aliphatic carbocycles. The molecular weight excluding hydrogens is 803 g/mol. The van der Waals surface area contributed by atoms with Crippen LogP contribution < -0.4 is 27.0 Å². The van der Waals surface area contributed by atoms with Crippen LogP contribution in [-0.4, -0.2) is 66.5 Å². The molecule has 1 saturated carbocycles. The number of carbonyl (C=O) groups is 6. The molecule has 0 spiro atoms. The largest absolute Gasteiger partial charge is 0.461 e. The first kappa shape index (κ1) is 52.4. The van der Waals surface area contributed by atoms with Crippen molar-refractivity contribution in [2.75, 3.05) is 18.5 Å². The van der Waals surface area contributed by atoms with E-state index in [2.05, 4.69) is 54.2 Å². The molecule has 2 aliphatic rings. The van der Waals surface area contributed by atoms with Gasteiger partial charge in [0.2, 0.25) is 17.7 Å². The van der Waals surface area contributed by atoms with Gasteiger partial charge in [0.1, 0.15) is 24.4 Å². The summed E-state index contributed by atoms with van der Waals surface area (Å²) in [5.41, 5.74) is 3.92. The number of primary amides is 1. The fraction of sp³-hybridized carbons (Fsp3) is 0.633. The minimum absolute atomic E-state index is 0.0927. The predicted octanol–water partition coefficient (Wildman–Crippen LogP) is 7.78. The molecule has 0 aliphatic heterocycles. The molecule has 1 aromatic carbocycles. The molecular formula is C49H75N5O9. The number of esters is 2. The Morgan fingerprint density at radius 1 is 0.873 bits per heavy atom. The number of urea groups is 1. The zero-order valence-corrected chi connectivity index (χ0v) is 39.6. The number of hydrogen-bond donors (Lipinski definition) is 5. The number of nitrogens with one attached hydrogen (secondary N) is 4. The highest BCUT2D eigenvalue weighted by Crippen LogP contribution is 2.45.